The Kier molecular flexibility index (Phi) is 4.60. The summed E-state index contributed by atoms with van der Waals surface area (Å²) in [7, 11) is -1.86. The molecule has 0 amide bonds. The van der Waals surface area contributed by atoms with Gasteiger partial charge >= 0.3 is 0 Å². The first-order valence-corrected chi connectivity index (χ1v) is 12.7. The average Bonchev–Trinajstić information content (AvgIpc) is 2.52. The second kappa shape index (κ2) is 6.13. The Balaban J connectivity index is 1.91. The zero-order chi connectivity index (χ0) is 19.5. The van der Waals surface area contributed by atoms with Gasteiger partial charge in [0.15, 0.2) is 19.9 Å². The van der Waals surface area contributed by atoms with Crippen molar-refractivity contribution in [3.8, 4) is 0 Å². The average molecular weight is 373 g/mol. The van der Waals surface area contributed by atoms with E-state index in [4.69, 9.17) is 4.43 Å². The Morgan fingerprint density at radius 1 is 1.19 bits per heavy atom. The largest absolute Gasteiger partial charge is 0.414 e. The minimum absolute atomic E-state index is 0.00709. The predicted octanol–water partition coefficient (Wildman–Crippen LogP) is 5.15. The van der Waals surface area contributed by atoms with Gasteiger partial charge in [-0.05, 0) is 68.8 Å². The Hall–Kier alpha value is -1.26. The molecule has 0 aromatic rings. The lowest BCUT2D eigenvalue weighted by Gasteiger charge is -2.48. The third kappa shape index (κ3) is 2.91. The Morgan fingerprint density at radius 3 is 2.46 bits per heavy atom. The maximum Gasteiger partial charge on any atom is 0.192 e. The fourth-order valence-corrected chi connectivity index (χ4v) is 5.86. The first-order valence-electron chi connectivity index (χ1n) is 9.74. The zero-order valence-electron chi connectivity index (χ0n) is 17.2. The van der Waals surface area contributed by atoms with E-state index in [1.807, 2.05) is 13.0 Å². The number of fused-ring (bicyclic) bond motifs is 3. The molecule has 0 N–H and O–H groups in total. The van der Waals surface area contributed by atoms with E-state index in [-0.39, 0.29) is 28.6 Å². The van der Waals surface area contributed by atoms with E-state index in [9.17, 15) is 9.59 Å². The van der Waals surface area contributed by atoms with Crippen LogP contribution in [0.5, 0.6) is 0 Å². The number of carbonyl (C=O) groups excluding carboxylic acids is 2. The summed E-state index contributed by atoms with van der Waals surface area (Å²) in [5.41, 5.74) is 1.83. The molecule has 4 heteroatoms. The standard InChI is InChI=1S/C22H32O3Si/c1-14-12-19(23)17-11-9-15-8-10-16(25-26(6,7)21(2,3)4)13-18(15)22(17,5)20(14)24/h9,11-12,16,18H,8,10,13H2,1-7H3/t16-,18-,22+/m0/s1. The first-order chi connectivity index (χ1) is 11.9. The van der Waals surface area contributed by atoms with E-state index in [1.165, 1.54) is 11.6 Å². The van der Waals surface area contributed by atoms with Crippen molar-refractivity contribution >= 4 is 19.9 Å². The van der Waals surface area contributed by atoms with Gasteiger partial charge < -0.3 is 4.43 Å². The van der Waals surface area contributed by atoms with Gasteiger partial charge in [-0.2, -0.15) is 0 Å². The number of hydrogen-bond donors (Lipinski definition) is 0. The van der Waals surface area contributed by atoms with Gasteiger partial charge in [-0.3, -0.25) is 9.59 Å². The molecule has 0 heterocycles. The monoisotopic (exact) mass is 372 g/mol. The third-order valence-electron chi connectivity index (χ3n) is 7.13. The second-order valence-electron chi connectivity index (χ2n) is 9.87. The van der Waals surface area contributed by atoms with E-state index < -0.39 is 13.7 Å². The molecular weight excluding hydrogens is 340 g/mol. The van der Waals surface area contributed by atoms with E-state index in [0.29, 0.717) is 11.1 Å². The van der Waals surface area contributed by atoms with Crippen molar-refractivity contribution in [1.29, 1.82) is 0 Å². The summed E-state index contributed by atoms with van der Waals surface area (Å²) in [6, 6.07) is 0. The molecule has 3 aliphatic rings. The lowest BCUT2D eigenvalue weighted by atomic mass is 9.56. The Bertz CT molecular complexity index is 748. The molecule has 3 nitrogen and oxygen atoms in total. The molecule has 0 radical (unpaired) electrons. The second-order valence-corrected chi connectivity index (χ2v) is 14.6. The molecule has 0 aromatic carbocycles. The van der Waals surface area contributed by atoms with Crippen molar-refractivity contribution in [2.75, 3.05) is 0 Å². The van der Waals surface area contributed by atoms with Crippen LogP contribution in [0.2, 0.25) is 18.1 Å². The molecule has 0 aliphatic heterocycles. The lowest BCUT2D eigenvalue weighted by Crippen LogP contribution is -2.50. The van der Waals surface area contributed by atoms with Gasteiger partial charge in [0.2, 0.25) is 0 Å². The van der Waals surface area contributed by atoms with Crippen molar-refractivity contribution in [1.82, 2.24) is 0 Å². The summed E-state index contributed by atoms with van der Waals surface area (Å²) in [4.78, 5) is 25.7. The van der Waals surface area contributed by atoms with Crippen molar-refractivity contribution in [2.45, 2.75) is 78.1 Å². The third-order valence-corrected chi connectivity index (χ3v) is 11.7. The predicted molar refractivity (Wildman–Crippen MR) is 107 cm³/mol. The highest BCUT2D eigenvalue weighted by atomic mass is 28.4. The van der Waals surface area contributed by atoms with Gasteiger partial charge in [0.05, 0.1) is 5.41 Å². The van der Waals surface area contributed by atoms with Crippen molar-refractivity contribution in [3.63, 3.8) is 0 Å². The van der Waals surface area contributed by atoms with Crippen LogP contribution in [0, 0.1) is 11.3 Å². The van der Waals surface area contributed by atoms with Crippen LogP contribution in [-0.4, -0.2) is 26.0 Å². The number of carbonyl (C=O) groups is 2. The summed E-state index contributed by atoms with van der Waals surface area (Å²) < 4.78 is 6.69. The summed E-state index contributed by atoms with van der Waals surface area (Å²) in [5, 5.41) is 0.167. The molecule has 3 aliphatic carbocycles. The van der Waals surface area contributed by atoms with Crippen LogP contribution >= 0.6 is 0 Å². The van der Waals surface area contributed by atoms with E-state index in [1.54, 1.807) is 6.92 Å². The Morgan fingerprint density at radius 2 is 1.85 bits per heavy atom. The van der Waals surface area contributed by atoms with Crippen LogP contribution in [0.1, 0.15) is 53.9 Å². The van der Waals surface area contributed by atoms with Gasteiger partial charge in [-0.1, -0.05) is 38.5 Å². The van der Waals surface area contributed by atoms with Crippen molar-refractivity contribution < 1.29 is 14.0 Å². The number of ketones is 2. The maximum absolute atomic E-state index is 13.1. The number of rotatable bonds is 2. The van der Waals surface area contributed by atoms with E-state index >= 15 is 0 Å². The molecule has 26 heavy (non-hydrogen) atoms. The topological polar surface area (TPSA) is 43.4 Å². The number of Topliss-reactive ketones (excluding diaryl/α,β-unsaturated/α-hetero) is 1. The highest BCUT2D eigenvalue weighted by Crippen LogP contribution is 2.53. The molecule has 0 unspecified atom stereocenters. The molecule has 142 valence electrons. The van der Waals surface area contributed by atoms with Crippen LogP contribution in [-0.2, 0) is 14.0 Å². The van der Waals surface area contributed by atoms with Gasteiger partial charge in [0.1, 0.15) is 0 Å². The normalized spacial score (nSPS) is 32.3. The zero-order valence-corrected chi connectivity index (χ0v) is 18.2. The number of allylic oxidation sites excluding steroid dienone is 6. The van der Waals surface area contributed by atoms with Crippen LogP contribution in [0.3, 0.4) is 0 Å². The molecule has 1 fully saturated rings. The molecule has 1 saturated carbocycles. The fraction of sp³-hybridized carbons (Fsp3) is 0.636. The summed E-state index contributed by atoms with van der Waals surface area (Å²) in [6.07, 6.45) is 8.44. The Labute approximate surface area is 158 Å². The molecule has 0 spiro atoms. The van der Waals surface area contributed by atoms with E-state index in [0.717, 1.165) is 19.3 Å². The molecule has 0 bridgehead atoms. The quantitative estimate of drug-likeness (QED) is 0.630. The molecule has 3 rings (SSSR count). The fourth-order valence-electron chi connectivity index (χ4n) is 4.46. The van der Waals surface area contributed by atoms with Crippen molar-refractivity contribution in [3.05, 3.63) is 34.9 Å². The van der Waals surface area contributed by atoms with E-state index in [2.05, 4.69) is 39.9 Å². The molecular formula is C22H32O3Si. The van der Waals surface area contributed by atoms with Gasteiger partial charge in [-0.15, -0.1) is 0 Å². The van der Waals surface area contributed by atoms with Gasteiger partial charge in [0, 0.05) is 11.7 Å². The minimum Gasteiger partial charge on any atom is -0.414 e. The summed E-state index contributed by atoms with van der Waals surface area (Å²) >= 11 is 0. The van der Waals surface area contributed by atoms with Crippen LogP contribution in [0.4, 0.5) is 0 Å². The van der Waals surface area contributed by atoms with Crippen LogP contribution < -0.4 is 0 Å². The minimum atomic E-state index is -1.86. The SMILES string of the molecule is CC1=CC(=O)C2=CC=C3CC[C@H](O[Si](C)(C)C(C)(C)C)C[C@@H]3[C@]2(C)C1=O. The summed E-state index contributed by atoms with van der Waals surface area (Å²) in [6.45, 7) is 15.1. The molecule has 3 atom stereocenters. The molecule has 0 saturated heterocycles. The van der Waals surface area contributed by atoms with Crippen LogP contribution in [0.25, 0.3) is 0 Å². The summed E-state index contributed by atoms with van der Waals surface area (Å²) in [5.74, 6) is 0.172. The highest BCUT2D eigenvalue weighted by Gasteiger charge is 2.53. The van der Waals surface area contributed by atoms with Gasteiger partial charge in [0.25, 0.3) is 0 Å². The first kappa shape index (κ1) is 19.5. The smallest absolute Gasteiger partial charge is 0.192 e. The number of hydrogen-bond acceptors (Lipinski definition) is 3. The highest BCUT2D eigenvalue weighted by molar-refractivity contribution is 6.74. The van der Waals surface area contributed by atoms with Gasteiger partial charge in [-0.25, -0.2) is 0 Å². The van der Waals surface area contributed by atoms with Crippen LogP contribution in [0.15, 0.2) is 34.9 Å². The van der Waals surface area contributed by atoms with Crippen molar-refractivity contribution in [2.24, 2.45) is 11.3 Å². The lowest BCUT2D eigenvalue weighted by molar-refractivity contribution is -0.128. The molecule has 0 aromatic heterocycles. The maximum atomic E-state index is 13.1.